The summed E-state index contributed by atoms with van der Waals surface area (Å²) in [6.07, 6.45) is 5.05. The molecule has 0 spiro atoms. The molecule has 1 heterocycles. The fourth-order valence-corrected chi connectivity index (χ4v) is 2.05. The molecule has 0 aliphatic heterocycles. The Morgan fingerprint density at radius 2 is 1.94 bits per heavy atom. The van der Waals surface area contributed by atoms with E-state index in [9.17, 15) is 0 Å². The molecule has 2 unspecified atom stereocenters. The molecule has 0 saturated heterocycles. The summed E-state index contributed by atoms with van der Waals surface area (Å²) in [5, 5.41) is 3.53. The fraction of sp³-hybridized carbons (Fsp3) is 0.667. The molecule has 0 saturated carbocycles. The molecule has 0 aromatic carbocycles. The standard InChI is InChI=1S/C15H26N2O/c1-6-12(5)15(17-7-2)13-8-14(10-16-9-13)18-11(3)4/h8-12,15,17H,6-7H2,1-5H3. The zero-order valence-electron chi connectivity index (χ0n) is 12.2. The molecule has 0 aliphatic carbocycles. The second-order valence-corrected chi connectivity index (χ2v) is 5.04. The summed E-state index contributed by atoms with van der Waals surface area (Å²) in [6, 6.07) is 2.45. The molecule has 3 nitrogen and oxygen atoms in total. The van der Waals surface area contributed by atoms with Gasteiger partial charge in [-0.15, -0.1) is 0 Å². The first-order chi connectivity index (χ1) is 8.58. The Bertz CT molecular complexity index is 352. The molecule has 18 heavy (non-hydrogen) atoms. The summed E-state index contributed by atoms with van der Waals surface area (Å²) in [6.45, 7) is 11.6. The maximum atomic E-state index is 5.71. The molecule has 1 aromatic rings. The van der Waals surface area contributed by atoms with Gasteiger partial charge in [-0.25, -0.2) is 0 Å². The summed E-state index contributed by atoms with van der Waals surface area (Å²) >= 11 is 0. The number of hydrogen-bond donors (Lipinski definition) is 1. The van der Waals surface area contributed by atoms with Crippen LogP contribution in [0.25, 0.3) is 0 Å². The quantitative estimate of drug-likeness (QED) is 0.803. The van der Waals surface area contributed by atoms with Crippen LogP contribution in [0.3, 0.4) is 0 Å². The topological polar surface area (TPSA) is 34.2 Å². The van der Waals surface area contributed by atoms with Crippen molar-refractivity contribution < 1.29 is 4.74 Å². The first-order valence-electron chi connectivity index (χ1n) is 6.93. The summed E-state index contributed by atoms with van der Waals surface area (Å²) in [7, 11) is 0. The molecule has 0 radical (unpaired) electrons. The van der Waals surface area contributed by atoms with Gasteiger partial charge in [-0.1, -0.05) is 27.2 Å². The van der Waals surface area contributed by atoms with Gasteiger partial charge in [0.05, 0.1) is 12.3 Å². The second-order valence-electron chi connectivity index (χ2n) is 5.04. The van der Waals surface area contributed by atoms with Crippen molar-refractivity contribution in [3.05, 3.63) is 24.0 Å². The molecule has 2 atom stereocenters. The third kappa shape index (κ3) is 4.30. The number of aromatic nitrogens is 1. The van der Waals surface area contributed by atoms with Gasteiger partial charge < -0.3 is 10.1 Å². The first kappa shape index (κ1) is 15.0. The number of nitrogens with zero attached hydrogens (tertiary/aromatic N) is 1. The number of rotatable bonds is 7. The number of pyridine rings is 1. The average molecular weight is 250 g/mol. The van der Waals surface area contributed by atoms with E-state index >= 15 is 0 Å². The Kier molecular flexibility index (Phi) is 6.13. The summed E-state index contributed by atoms with van der Waals surface area (Å²) in [5.74, 6) is 1.44. The predicted molar refractivity (Wildman–Crippen MR) is 75.9 cm³/mol. The van der Waals surface area contributed by atoms with E-state index in [-0.39, 0.29) is 6.10 Å². The average Bonchev–Trinajstić information content (AvgIpc) is 2.34. The maximum Gasteiger partial charge on any atom is 0.138 e. The van der Waals surface area contributed by atoms with E-state index in [0.717, 1.165) is 18.7 Å². The van der Waals surface area contributed by atoms with Crippen LogP contribution >= 0.6 is 0 Å². The van der Waals surface area contributed by atoms with Gasteiger partial charge in [-0.3, -0.25) is 4.98 Å². The summed E-state index contributed by atoms with van der Waals surface area (Å²) in [4.78, 5) is 4.29. The Balaban J connectivity index is 2.90. The molecular formula is C15H26N2O. The van der Waals surface area contributed by atoms with E-state index < -0.39 is 0 Å². The van der Waals surface area contributed by atoms with E-state index in [1.807, 2.05) is 20.0 Å². The SMILES string of the molecule is CCNC(c1cncc(OC(C)C)c1)C(C)CC. The molecule has 1 aromatic heterocycles. The van der Waals surface area contributed by atoms with Crippen molar-refractivity contribution >= 4 is 0 Å². The van der Waals surface area contributed by atoms with Gasteiger partial charge in [0.2, 0.25) is 0 Å². The molecule has 3 heteroatoms. The molecule has 0 bridgehead atoms. The van der Waals surface area contributed by atoms with Crippen LogP contribution in [0.1, 0.15) is 52.6 Å². The molecule has 0 aliphatic rings. The van der Waals surface area contributed by atoms with E-state index in [4.69, 9.17) is 4.74 Å². The minimum Gasteiger partial charge on any atom is -0.489 e. The lowest BCUT2D eigenvalue weighted by Gasteiger charge is -2.24. The highest BCUT2D eigenvalue weighted by Crippen LogP contribution is 2.26. The zero-order chi connectivity index (χ0) is 13.5. The number of hydrogen-bond acceptors (Lipinski definition) is 3. The van der Waals surface area contributed by atoms with Crippen molar-refractivity contribution in [2.75, 3.05) is 6.54 Å². The van der Waals surface area contributed by atoms with Gasteiger partial charge in [-0.2, -0.15) is 0 Å². The predicted octanol–water partition coefficient (Wildman–Crippen LogP) is 3.57. The van der Waals surface area contributed by atoms with Crippen molar-refractivity contribution in [3.63, 3.8) is 0 Å². The maximum absolute atomic E-state index is 5.71. The van der Waals surface area contributed by atoms with Crippen LogP contribution in [0.4, 0.5) is 0 Å². The Morgan fingerprint density at radius 3 is 2.50 bits per heavy atom. The minimum atomic E-state index is 0.184. The molecule has 1 N–H and O–H groups in total. The van der Waals surface area contributed by atoms with Crippen LogP contribution < -0.4 is 10.1 Å². The largest absolute Gasteiger partial charge is 0.489 e. The zero-order valence-corrected chi connectivity index (χ0v) is 12.2. The van der Waals surface area contributed by atoms with E-state index in [1.54, 1.807) is 6.20 Å². The van der Waals surface area contributed by atoms with Crippen molar-refractivity contribution in [2.45, 2.75) is 53.2 Å². The van der Waals surface area contributed by atoms with Crippen LogP contribution in [-0.4, -0.2) is 17.6 Å². The van der Waals surface area contributed by atoms with E-state index in [1.165, 1.54) is 5.56 Å². The molecule has 0 amide bonds. The van der Waals surface area contributed by atoms with Gasteiger partial charge in [-0.05, 0) is 37.9 Å². The Morgan fingerprint density at radius 1 is 1.22 bits per heavy atom. The van der Waals surface area contributed by atoms with Crippen LogP contribution in [0, 0.1) is 5.92 Å². The van der Waals surface area contributed by atoms with E-state index in [2.05, 4.69) is 37.1 Å². The smallest absolute Gasteiger partial charge is 0.138 e. The third-order valence-electron chi connectivity index (χ3n) is 3.10. The highest BCUT2D eigenvalue weighted by atomic mass is 16.5. The van der Waals surface area contributed by atoms with Crippen molar-refractivity contribution in [3.8, 4) is 5.75 Å². The first-order valence-corrected chi connectivity index (χ1v) is 6.93. The summed E-state index contributed by atoms with van der Waals surface area (Å²) in [5.41, 5.74) is 1.21. The van der Waals surface area contributed by atoms with Crippen LogP contribution in [-0.2, 0) is 0 Å². The van der Waals surface area contributed by atoms with Crippen molar-refractivity contribution in [1.82, 2.24) is 10.3 Å². The highest BCUT2D eigenvalue weighted by Gasteiger charge is 2.17. The van der Waals surface area contributed by atoms with Crippen molar-refractivity contribution in [2.24, 2.45) is 5.92 Å². The van der Waals surface area contributed by atoms with Crippen LogP contribution in [0.5, 0.6) is 5.75 Å². The lowest BCUT2D eigenvalue weighted by Crippen LogP contribution is -2.26. The van der Waals surface area contributed by atoms with E-state index in [0.29, 0.717) is 12.0 Å². The van der Waals surface area contributed by atoms with Gasteiger partial charge in [0.1, 0.15) is 5.75 Å². The number of nitrogens with one attached hydrogen (secondary N) is 1. The minimum absolute atomic E-state index is 0.184. The monoisotopic (exact) mass is 250 g/mol. The van der Waals surface area contributed by atoms with Gasteiger partial charge in [0, 0.05) is 12.2 Å². The lowest BCUT2D eigenvalue weighted by molar-refractivity contribution is 0.240. The van der Waals surface area contributed by atoms with Crippen molar-refractivity contribution in [1.29, 1.82) is 0 Å². The van der Waals surface area contributed by atoms with Gasteiger partial charge in [0.25, 0.3) is 0 Å². The fourth-order valence-electron chi connectivity index (χ4n) is 2.05. The second kappa shape index (κ2) is 7.37. The lowest BCUT2D eigenvalue weighted by atomic mass is 9.93. The normalized spacial score (nSPS) is 14.6. The molecular weight excluding hydrogens is 224 g/mol. The van der Waals surface area contributed by atoms with Crippen LogP contribution in [0.2, 0.25) is 0 Å². The molecule has 102 valence electrons. The van der Waals surface area contributed by atoms with Crippen LogP contribution in [0.15, 0.2) is 18.5 Å². The van der Waals surface area contributed by atoms with Gasteiger partial charge >= 0.3 is 0 Å². The summed E-state index contributed by atoms with van der Waals surface area (Å²) < 4.78 is 5.71. The Labute approximate surface area is 111 Å². The third-order valence-corrected chi connectivity index (χ3v) is 3.10. The Hall–Kier alpha value is -1.09. The molecule has 1 rings (SSSR count). The highest BCUT2D eigenvalue weighted by molar-refractivity contribution is 5.26. The molecule has 0 fully saturated rings. The number of ether oxygens (including phenoxy) is 1. The van der Waals surface area contributed by atoms with Gasteiger partial charge in [0.15, 0.2) is 0 Å².